The van der Waals surface area contributed by atoms with E-state index in [-0.39, 0.29) is 26.2 Å². The number of amides is 2. The lowest BCUT2D eigenvalue weighted by molar-refractivity contribution is -0.148. The number of rotatable bonds is 8. The lowest BCUT2D eigenvalue weighted by Crippen LogP contribution is -2.53. The molecule has 0 aliphatic carbocycles. The van der Waals surface area contributed by atoms with Crippen LogP contribution in [0.15, 0.2) is 30.3 Å². The number of benzene rings is 1. The average Bonchev–Trinajstić information content (AvgIpc) is 2.54. The quantitative estimate of drug-likeness (QED) is 0.468. The zero-order valence-corrected chi connectivity index (χ0v) is 12.8. The minimum absolute atomic E-state index is 0.0206. The van der Waals surface area contributed by atoms with Crippen molar-refractivity contribution < 1.29 is 29.0 Å². The van der Waals surface area contributed by atoms with E-state index in [2.05, 4.69) is 10.6 Å². The molecule has 1 aromatic rings. The third-order valence-corrected chi connectivity index (χ3v) is 2.64. The Hall–Kier alpha value is -2.61. The first kappa shape index (κ1) is 18.4. The summed E-state index contributed by atoms with van der Waals surface area (Å²) in [5, 5.41) is 13.2. The molecule has 0 aliphatic rings. The topological polar surface area (TPSA) is 114 Å². The summed E-state index contributed by atoms with van der Waals surface area (Å²) >= 11 is 0. The third kappa shape index (κ3) is 7.28. The number of aliphatic hydroxyl groups excluding tert-OH is 1. The van der Waals surface area contributed by atoms with Gasteiger partial charge in [0.1, 0.15) is 6.61 Å². The zero-order chi connectivity index (χ0) is 17.1. The molecule has 0 spiro atoms. The number of esters is 1. The van der Waals surface area contributed by atoms with Gasteiger partial charge >= 0.3 is 12.1 Å². The van der Waals surface area contributed by atoms with Crippen LogP contribution in [0, 0.1) is 0 Å². The first-order chi connectivity index (χ1) is 11.1. The Morgan fingerprint density at radius 3 is 2.43 bits per heavy atom. The minimum atomic E-state index is -1.38. The van der Waals surface area contributed by atoms with Crippen molar-refractivity contribution in [2.24, 2.45) is 0 Å². The van der Waals surface area contributed by atoms with Gasteiger partial charge in [0.2, 0.25) is 12.1 Å². The predicted molar refractivity (Wildman–Crippen MR) is 80.0 cm³/mol. The molecule has 1 aromatic carbocycles. The molecule has 8 heteroatoms. The summed E-state index contributed by atoms with van der Waals surface area (Å²) in [6.07, 6.45) is -2.45. The molecule has 0 saturated heterocycles. The summed E-state index contributed by atoms with van der Waals surface area (Å²) in [4.78, 5) is 34.9. The number of hydrogen-bond donors (Lipinski definition) is 3. The van der Waals surface area contributed by atoms with Gasteiger partial charge in [-0.2, -0.15) is 0 Å². The number of carbonyl (C=O) groups is 3. The molecule has 1 unspecified atom stereocenters. The van der Waals surface area contributed by atoms with Gasteiger partial charge in [-0.3, -0.25) is 10.1 Å². The van der Waals surface area contributed by atoms with Gasteiger partial charge in [-0.15, -0.1) is 0 Å². The number of ether oxygens (including phenoxy) is 2. The molecule has 0 radical (unpaired) electrons. The molecular weight excluding hydrogens is 304 g/mol. The lowest BCUT2D eigenvalue weighted by Gasteiger charge is -2.18. The van der Waals surface area contributed by atoms with E-state index in [1.165, 1.54) is 0 Å². The highest BCUT2D eigenvalue weighted by molar-refractivity contribution is 5.86. The summed E-state index contributed by atoms with van der Waals surface area (Å²) in [5.41, 5.74) is 0.777. The molecule has 3 N–H and O–H groups in total. The van der Waals surface area contributed by atoms with Crippen molar-refractivity contribution in [2.45, 2.75) is 26.1 Å². The molecule has 23 heavy (non-hydrogen) atoms. The van der Waals surface area contributed by atoms with Gasteiger partial charge in [0.05, 0.1) is 13.2 Å². The van der Waals surface area contributed by atoms with Gasteiger partial charge in [-0.05, 0) is 12.5 Å². The molecule has 0 aromatic heterocycles. The van der Waals surface area contributed by atoms with Gasteiger partial charge in [-0.25, -0.2) is 9.59 Å². The van der Waals surface area contributed by atoms with Crippen molar-refractivity contribution in [1.29, 1.82) is 0 Å². The second-order valence-corrected chi connectivity index (χ2v) is 4.43. The highest BCUT2D eigenvalue weighted by Crippen LogP contribution is 2.01. The summed E-state index contributed by atoms with van der Waals surface area (Å²) < 4.78 is 9.73. The van der Waals surface area contributed by atoms with E-state index in [9.17, 15) is 14.4 Å². The molecule has 0 fully saturated rings. The van der Waals surface area contributed by atoms with Crippen LogP contribution in [-0.2, 0) is 25.7 Å². The van der Waals surface area contributed by atoms with Crippen LogP contribution < -0.4 is 10.6 Å². The number of aliphatic hydroxyl groups is 1. The van der Waals surface area contributed by atoms with Gasteiger partial charge in [0, 0.05) is 6.42 Å². The van der Waals surface area contributed by atoms with Crippen LogP contribution in [0.25, 0.3) is 0 Å². The van der Waals surface area contributed by atoms with Crippen molar-refractivity contribution >= 4 is 18.0 Å². The fourth-order valence-corrected chi connectivity index (χ4v) is 1.60. The molecule has 2 amide bonds. The van der Waals surface area contributed by atoms with E-state index >= 15 is 0 Å². The molecule has 1 atom stereocenters. The zero-order valence-electron chi connectivity index (χ0n) is 12.8. The Bertz CT molecular complexity index is 520. The summed E-state index contributed by atoms with van der Waals surface area (Å²) in [7, 11) is 0. The standard InChI is InChI=1S/C15H20N2O6/c1-2-22-14(20)13(16-12(19)8-9-18)17-15(21)23-10-11-6-4-3-5-7-11/h3-7,13,18H,2,8-10H2,1H3,(H,16,19)(H,17,21). The van der Waals surface area contributed by atoms with Crippen LogP contribution in [0.2, 0.25) is 0 Å². The average molecular weight is 324 g/mol. The van der Waals surface area contributed by atoms with E-state index in [4.69, 9.17) is 14.6 Å². The van der Waals surface area contributed by atoms with Crippen molar-refractivity contribution in [3.8, 4) is 0 Å². The maximum atomic E-state index is 11.7. The van der Waals surface area contributed by atoms with E-state index in [0.717, 1.165) is 5.56 Å². The maximum absolute atomic E-state index is 11.7. The minimum Gasteiger partial charge on any atom is -0.463 e. The van der Waals surface area contributed by atoms with Crippen molar-refractivity contribution in [3.05, 3.63) is 35.9 Å². The van der Waals surface area contributed by atoms with E-state index in [1.54, 1.807) is 31.2 Å². The van der Waals surface area contributed by atoms with Crippen LogP contribution in [-0.4, -0.2) is 42.5 Å². The maximum Gasteiger partial charge on any atom is 0.409 e. The molecule has 0 aliphatic heterocycles. The fraction of sp³-hybridized carbons (Fsp3) is 0.400. The largest absolute Gasteiger partial charge is 0.463 e. The van der Waals surface area contributed by atoms with Gasteiger partial charge < -0.3 is 19.9 Å². The molecule has 1 rings (SSSR count). The number of alkyl carbamates (subject to hydrolysis) is 1. The summed E-state index contributed by atoms with van der Waals surface area (Å²) in [6, 6.07) is 8.98. The Morgan fingerprint density at radius 2 is 1.83 bits per heavy atom. The highest BCUT2D eigenvalue weighted by Gasteiger charge is 2.24. The first-order valence-corrected chi connectivity index (χ1v) is 7.11. The van der Waals surface area contributed by atoms with E-state index in [1.807, 2.05) is 6.07 Å². The van der Waals surface area contributed by atoms with Crippen molar-refractivity contribution in [1.82, 2.24) is 10.6 Å². The molecule has 8 nitrogen and oxygen atoms in total. The molecule has 0 heterocycles. The number of carbonyl (C=O) groups excluding carboxylic acids is 3. The van der Waals surface area contributed by atoms with Gasteiger partial charge in [0.25, 0.3) is 0 Å². The Labute approximate surface area is 133 Å². The molecule has 126 valence electrons. The Kier molecular flexibility index (Phi) is 8.16. The molecule has 0 bridgehead atoms. The van der Waals surface area contributed by atoms with E-state index < -0.39 is 24.1 Å². The SMILES string of the molecule is CCOC(=O)C(NC(=O)CCO)NC(=O)OCc1ccccc1. The van der Waals surface area contributed by atoms with E-state index in [0.29, 0.717) is 0 Å². The first-order valence-electron chi connectivity index (χ1n) is 7.11. The lowest BCUT2D eigenvalue weighted by atomic mass is 10.2. The summed E-state index contributed by atoms with van der Waals surface area (Å²) in [6.45, 7) is 1.33. The van der Waals surface area contributed by atoms with Crippen LogP contribution >= 0.6 is 0 Å². The second kappa shape index (κ2) is 10.2. The molecule has 0 saturated carbocycles. The monoisotopic (exact) mass is 324 g/mol. The smallest absolute Gasteiger partial charge is 0.409 e. The van der Waals surface area contributed by atoms with Gasteiger partial charge in [0.15, 0.2) is 0 Å². The third-order valence-electron chi connectivity index (χ3n) is 2.64. The number of hydrogen-bond acceptors (Lipinski definition) is 6. The summed E-state index contributed by atoms with van der Waals surface area (Å²) in [5.74, 6) is -1.43. The van der Waals surface area contributed by atoms with Crippen molar-refractivity contribution in [3.63, 3.8) is 0 Å². The van der Waals surface area contributed by atoms with Crippen LogP contribution in [0.4, 0.5) is 4.79 Å². The normalized spacial score (nSPS) is 11.2. The fourth-order valence-electron chi connectivity index (χ4n) is 1.60. The highest BCUT2D eigenvalue weighted by atomic mass is 16.6. The van der Waals surface area contributed by atoms with Crippen LogP contribution in [0.3, 0.4) is 0 Å². The van der Waals surface area contributed by atoms with Crippen molar-refractivity contribution in [2.75, 3.05) is 13.2 Å². The van der Waals surface area contributed by atoms with Gasteiger partial charge in [-0.1, -0.05) is 30.3 Å². The second-order valence-electron chi connectivity index (χ2n) is 4.43. The van der Waals surface area contributed by atoms with Crippen LogP contribution in [0.5, 0.6) is 0 Å². The van der Waals surface area contributed by atoms with Crippen LogP contribution in [0.1, 0.15) is 18.9 Å². The number of nitrogens with one attached hydrogen (secondary N) is 2. The Balaban J connectivity index is 2.55. The molecular formula is C15H20N2O6. The Morgan fingerprint density at radius 1 is 1.13 bits per heavy atom. The predicted octanol–water partition coefficient (Wildman–Crippen LogP) is 0.301.